The lowest BCUT2D eigenvalue weighted by Gasteiger charge is -2.31. The predicted molar refractivity (Wildman–Crippen MR) is 91.5 cm³/mol. The molecule has 0 radical (unpaired) electrons. The van der Waals surface area contributed by atoms with Crippen LogP contribution in [-0.4, -0.2) is 34.8 Å². The van der Waals surface area contributed by atoms with Gasteiger partial charge in [0.25, 0.3) is 5.91 Å². The summed E-state index contributed by atoms with van der Waals surface area (Å²) in [6.07, 6.45) is 3.62. The van der Waals surface area contributed by atoms with Crippen LogP contribution in [0.5, 0.6) is 0 Å². The Balaban J connectivity index is 1.65. The number of fused-ring (bicyclic) bond motifs is 1. The molecule has 1 aliphatic carbocycles. The molecule has 2 aromatic rings. The molecule has 24 heavy (non-hydrogen) atoms. The van der Waals surface area contributed by atoms with Crippen LogP contribution in [0.1, 0.15) is 47.7 Å². The van der Waals surface area contributed by atoms with Gasteiger partial charge in [0.2, 0.25) is 5.91 Å². The molecule has 0 spiro atoms. The van der Waals surface area contributed by atoms with E-state index in [2.05, 4.69) is 0 Å². The summed E-state index contributed by atoms with van der Waals surface area (Å²) in [6, 6.07) is 9.80. The molecular formula is C19H21N3O2. The summed E-state index contributed by atoms with van der Waals surface area (Å²) in [5, 5.41) is 0.906. The van der Waals surface area contributed by atoms with Gasteiger partial charge >= 0.3 is 0 Å². The van der Waals surface area contributed by atoms with Gasteiger partial charge in [-0.05, 0) is 37.8 Å². The van der Waals surface area contributed by atoms with Gasteiger partial charge in [-0.2, -0.15) is 0 Å². The number of carbonyl (C=O) groups excluding carboxylic acids is 2. The average Bonchev–Trinajstić information content (AvgIpc) is 3.45. The van der Waals surface area contributed by atoms with E-state index in [1.165, 1.54) is 0 Å². The Labute approximate surface area is 140 Å². The van der Waals surface area contributed by atoms with Gasteiger partial charge in [-0.15, -0.1) is 0 Å². The van der Waals surface area contributed by atoms with Crippen LogP contribution in [0.2, 0.25) is 0 Å². The molecule has 5 nitrogen and oxygen atoms in total. The van der Waals surface area contributed by atoms with E-state index in [0.717, 1.165) is 35.0 Å². The van der Waals surface area contributed by atoms with Crippen molar-refractivity contribution in [2.24, 2.45) is 11.7 Å². The number of nitrogens with two attached hydrogens (primary N) is 1. The van der Waals surface area contributed by atoms with E-state index in [4.69, 9.17) is 10.7 Å². The topological polar surface area (TPSA) is 76.3 Å². The molecule has 5 heteroatoms. The fourth-order valence-corrected chi connectivity index (χ4v) is 3.50. The molecule has 4 rings (SSSR count). The molecule has 1 aromatic carbocycles. The van der Waals surface area contributed by atoms with Crippen molar-refractivity contribution in [3.05, 3.63) is 41.6 Å². The average molecular weight is 323 g/mol. The highest BCUT2D eigenvalue weighted by Crippen LogP contribution is 2.40. The number of hydrogen-bond acceptors (Lipinski definition) is 3. The van der Waals surface area contributed by atoms with Crippen LogP contribution in [0.15, 0.2) is 30.3 Å². The van der Waals surface area contributed by atoms with Crippen molar-refractivity contribution in [3.8, 4) is 0 Å². The van der Waals surface area contributed by atoms with E-state index < -0.39 is 0 Å². The Morgan fingerprint density at radius 2 is 1.79 bits per heavy atom. The Bertz CT molecular complexity index is 805. The van der Waals surface area contributed by atoms with E-state index in [1.54, 1.807) is 0 Å². The Morgan fingerprint density at radius 3 is 2.46 bits per heavy atom. The first kappa shape index (κ1) is 15.1. The molecule has 124 valence electrons. The smallest absolute Gasteiger partial charge is 0.254 e. The van der Waals surface area contributed by atoms with Crippen molar-refractivity contribution in [1.82, 2.24) is 9.88 Å². The molecule has 2 heterocycles. The van der Waals surface area contributed by atoms with Gasteiger partial charge in [0.15, 0.2) is 0 Å². The molecule has 0 atom stereocenters. The van der Waals surface area contributed by atoms with E-state index in [0.29, 0.717) is 31.8 Å². The third kappa shape index (κ3) is 2.75. The van der Waals surface area contributed by atoms with Gasteiger partial charge in [0.05, 0.1) is 11.1 Å². The minimum absolute atomic E-state index is 0.0402. The first-order valence-electron chi connectivity index (χ1n) is 8.62. The lowest BCUT2D eigenvalue weighted by molar-refractivity contribution is -0.123. The molecule has 0 bridgehead atoms. The fraction of sp³-hybridized carbons (Fsp3) is 0.421. The molecule has 1 saturated carbocycles. The second-order valence-electron chi connectivity index (χ2n) is 6.85. The number of hydrogen-bond donors (Lipinski definition) is 1. The highest BCUT2D eigenvalue weighted by Gasteiger charge is 2.30. The first-order valence-corrected chi connectivity index (χ1v) is 8.62. The number of rotatable bonds is 3. The summed E-state index contributed by atoms with van der Waals surface area (Å²) in [5.41, 5.74) is 8.04. The van der Waals surface area contributed by atoms with Crippen molar-refractivity contribution < 1.29 is 9.59 Å². The Morgan fingerprint density at radius 1 is 1.08 bits per heavy atom. The Kier molecular flexibility index (Phi) is 3.71. The number of carbonyl (C=O) groups is 2. The largest absolute Gasteiger partial charge is 0.369 e. The fourth-order valence-electron chi connectivity index (χ4n) is 3.50. The van der Waals surface area contributed by atoms with E-state index in [1.807, 2.05) is 35.2 Å². The SMILES string of the molecule is NC(=O)C1CCN(C(=O)c2cc(C3CC3)nc3ccccc23)CC1. The van der Waals surface area contributed by atoms with Crippen LogP contribution in [-0.2, 0) is 4.79 Å². The minimum atomic E-state index is -0.257. The second-order valence-corrected chi connectivity index (χ2v) is 6.85. The molecule has 1 saturated heterocycles. The van der Waals surface area contributed by atoms with Crippen LogP contribution in [0.25, 0.3) is 10.9 Å². The highest BCUT2D eigenvalue weighted by atomic mass is 16.2. The lowest BCUT2D eigenvalue weighted by Crippen LogP contribution is -2.41. The highest BCUT2D eigenvalue weighted by molar-refractivity contribution is 6.06. The third-order valence-electron chi connectivity index (χ3n) is 5.15. The quantitative estimate of drug-likeness (QED) is 0.942. The van der Waals surface area contributed by atoms with E-state index in [9.17, 15) is 9.59 Å². The number of para-hydroxylation sites is 1. The normalized spacial score (nSPS) is 18.8. The minimum Gasteiger partial charge on any atom is -0.369 e. The number of piperidine rings is 1. The summed E-state index contributed by atoms with van der Waals surface area (Å²) in [6.45, 7) is 1.17. The van der Waals surface area contributed by atoms with Gasteiger partial charge in [-0.25, -0.2) is 0 Å². The monoisotopic (exact) mass is 323 g/mol. The van der Waals surface area contributed by atoms with Crippen molar-refractivity contribution in [2.75, 3.05) is 13.1 Å². The zero-order valence-corrected chi connectivity index (χ0v) is 13.6. The van der Waals surface area contributed by atoms with Crippen molar-refractivity contribution in [1.29, 1.82) is 0 Å². The van der Waals surface area contributed by atoms with E-state index in [-0.39, 0.29) is 17.7 Å². The maximum atomic E-state index is 13.1. The number of primary amides is 1. The third-order valence-corrected chi connectivity index (χ3v) is 5.15. The number of benzene rings is 1. The summed E-state index contributed by atoms with van der Waals surface area (Å²) in [4.78, 5) is 31.0. The maximum absolute atomic E-state index is 13.1. The maximum Gasteiger partial charge on any atom is 0.254 e. The number of aromatic nitrogens is 1. The summed E-state index contributed by atoms with van der Waals surface area (Å²) in [5.74, 6) is 0.179. The molecule has 0 unspecified atom stereocenters. The van der Waals surface area contributed by atoms with Crippen LogP contribution < -0.4 is 5.73 Å². The van der Waals surface area contributed by atoms with Gasteiger partial charge in [-0.3, -0.25) is 14.6 Å². The molecule has 2 N–H and O–H groups in total. The molecule has 2 amide bonds. The molecule has 2 fully saturated rings. The first-order chi connectivity index (χ1) is 11.6. The van der Waals surface area contributed by atoms with Gasteiger partial charge in [-0.1, -0.05) is 18.2 Å². The summed E-state index contributed by atoms with van der Waals surface area (Å²) in [7, 11) is 0. The molecular weight excluding hydrogens is 302 g/mol. The van der Waals surface area contributed by atoms with Crippen LogP contribution in [0.4, 0.5) is 0 Å². The molecule has 2 aliphatic rings. The van der Waals surface area contributed by atoms with Gasteiger partial charge < -0.3 is 10.6 Å². The predicted octanol–water partition coefficient (Wildman–Crippen LogP) is 2.45. The second kappa shape index (κ2) is 5.89. The lowest BCUT2D eigenvalue weighted by atomic mass is 9.95. The van der Waals surface area contributed by atoms with Crippen LogP contribution in [0.3, 0.4) is 0 Å². The van der Waals surface area contributed by atoms with Crippen molar-refractivity contribution in [3.63, 3.8) is 0 Å². The number of amides is 2. The standard InChI is InChI=1S/C19H21N3O2/c20-18(23)13-7-9-22(10-8-13)19(24)15-11-17(12-5-6-12)21-16-4-2-1-3-14(15)16/h1-4,11-13H,5-10H2,(H2,20,23). The van der Waals surface area contributed by atoms with Crippen LogP contribution >= 0.6 is 0 Å². The van der Waals surface area contributed by atoms with Gasteiger partial charge in [0, 0.05) is 36.0 Å². The zero-order valence-electron chi connectivity index (χ0n) is 13.6. The summed E-state index contributed by atoms with van der Waals surface area (Å²) >= 11 is 0. The van der Waals surface area contributed by atoms with Crippen LogP contribution in [0, 0.1) is 5.92 Å². The number of likely N-dealkylation sites (tertiary alicyclic amines) is 1. The number of nitrogens with zero attached hydrogens (tertiary/aromatic N) is 2. The summed E-state index contributed by atoms with van der Waals surface area (Å²) < 4.78 is 0. The Hall–Kier alpha value is -2.43. The van der Waals surface area contributed by atoms with Crippen molar-refractivity contribution >= 4 is 22.7 Å². The van der Waals surface area contributed by atoms with Gasteiger partial charge in [0.1, 0.15) is 0 Å². The van der Waals surface area contributed by atoms with Crippen molar-refractivity contribution in [2.45, 2.75) is 31.6 Å². The molecule has 1 aromatic heterocycles. The van der Waals surface area contributed by atoms with E-state index >= 15 is 0 Å². The number of pyridine rings is 1. The molecule has 1 aliphatic heterocycles. The zero-order chi connectivity index (χ0) is 16.7.